The summed E-state index contributed by atoms with van der Waals surface area (Å²) in [4.78, 5) is 23.4. The van der Waals surface area contributed by atoms with Gasteiger partial charge in [0.15, 0.2) is 0 Å². The van der Waals surface area contributed by atoms with Crippen LogP contribution in [0.2, 0.25) is 0 Å². The molecule has 0 spiro atoms. The molecule has 110 valence electrons. The lowest BCUT2D eigenvalue weighted by Gasteiger charge is -2.21. The molecular weight excluding hydrogens is 265 g/mol. The number of carboxylic acids is 1. The van der Waals surface area contributed by atoms with Crippen LogP contribution in [-0.2, 0) is 4.79 Å². The molecule has 0 bridgehead atoms. The molecule has 0 heterocycles. The van der Waals surface area contributed by atoms with Crippen LogP contribution in [0.1, 0.15) is 25.7 Å². The number of alkyl halides is 3. The van der Waals surface area contributed by atoms with Gasteiger partial charge < -0.3 is 15.3 Å². The minimum absolute atomic E-state index is 0.112. The highest BCUT2D eigenvalue weighted by Crippen LogP contribution is 2.29. The number of carbonyl (C=O) groups excluding carboxylic acids is 1. The van der Waals surface area contributed by atoms with E-state index in [0.717, 1.165) is 17.7 Å². The van der Waals surface area contributed by atoms with E-state index in [4.69, 9.17) is 5.11 Å². The number of rotatable bonds is 7. The molecule has 0 aromatic rings. The monoisotopic (exact) mass is 282 g/mol. The van der Waals surface area contributed by atoms with Gasteiger partial charge in [-0.05, 0) is 25.2 Å². The molecule has 1 fully saturated rings. The summed E-state index contributed by atoms with van der Waals surface area (Å²) in [5.41, 5.74) is 0. The van der Waals surface area contributed by atoms with E-state index >= 15 is 0 Å². The van der Waals surface area contributed by atoms with E-state index in [1.807, 2.05) is 0 Å². The molecule has 0 saturated heterocycles. The minimum atomic E-state index is -4.24. The Bertz CT molecular complexity index is 330. The smallest absolute Gasteiger partial charge is 0.389 e. The summed E-state index contributed by atoms with van der Waals surface area (Å²) in [5.74, 6) is -0.814. The maximum absolute atomic E-state index is 11.9. The molecule has 1 aliphatic rings. The molecule has 0 aromatic carbocycles. The third kappa shape index (κ3) is 7.53. The van der Waals surface area contributed by atoms with Crippen molar-refractivity contribution in [3.63, 3.8) is 0 Å². The number of halogens is 3. The van der Waals surface area contributed by atoms with Gasteiger partial charge in [0.2, 0.25) is 0 Å². The summed E-state index contributed by atoms with van der Waals surface area (Å²) >= 11 is 0. The van der Waals surface area contributed by atoms with Crippen LogP contribution in [0.25, 0.3) is 0 Å². The molecule has 0 radical (unpaired) electrons. The van der Waals surface area contributed by atoms with Crippen molar-refractivity contribution in [2.75, 3.05) is 19.6 Å². The molecule has 0 atom stereocenters. The van der Waals surface area contributed by atoms with Gasteiger partial charge in [-0.15, -0.1) is 0 Å². The van der Waals surface area contributed by atoms with Crippen LogP contribution < -0.4 is 5.32 Å². The van der Waals surface area contributed by atoms with Crippen molar-refractivity contribution in [3.05, 3.63) is 0 Å². The lowest BCUT2D eigenvalue weighted by atomic mass is 10.3. The van der Waals surface area contributed by atoms with E-state index in [2.05, 4.69) is 5.32 Å². The molecule has 5 nitrogen and oxygen atoms in total. The SMILES string of the molecule is O=C(O)CN(CC1CC1)C(=O)NCCCC(F)(F)F. The largest absolute Gasteiger partial charge is 0.480 e. The molecule has 0 aliphatic heterocycles. The fourth-order valence-electron chi connectivity index (χ4n) is 1.59. The van der Waals surface area contributed by atoms with E-state index in [9.17, 15) is 22.8 Å². The van der Waals surface area contributed by atoms with Crippen molar-refractivity contribution in [2.24, 2.45) is 5.92 Å². The van der Waals surface area contributed by atoms with Gasteiger partial charge in [0.25, 0.3) is 0 Å². The first-order valence-corrected chi connectivity index (χ1v) is 6.09. The van der Waals surface area contributed by atoms with E-state index < -0.39 is 31.1 Å². The molecule has 1 rings (SSSR count). The number of hydrogen-bond acceptors (Lipinski definition) is 2. The normalized spacial score (nSPS) is 15.1. The Morgan fingerprint density at radius 1 is 1.32 bits per heavy atom. The second-order valence-corrected chi connectivity index (χ2v) is 4.67. The van der Waals surface area contributed by atoms with Crippen molar-refractivity contribution < 1.29 is 27.9 Å². The summed E-state index contributed by atoms with van der Waals surface area (Å²) in [5, 5.41) is 11.0. The van der Waals surface area contributed by atoms with E-state index in [0.29, 0.717) is 12.5 Å². The molecule has 2 amide bonds. The first-order valence-electron chi connectivity index (χ1n) is 6.09. The van der Waals surface area contributed by atoms with Crippen LogP contribution in [0, 0.1) is 5.92 Å². The van der Waals surface area contributed by atoms with Gasteiger partial charge in [0.1, 0.15) is 6.54 Å². The minimum Gasteiger partial charge on any atom is -0.480 e. The van der Waals surface area contributed by atoms with Crippen molar-refractivity contribution >= 4 is 12.0 Å². The summed E-state index contributed by atoms with van der Waals surface area (Å²) in [7, 11) is 0. The zero-order valence-corrected chi connectivity index (χ0v) is 10.4. The Morgan fingerprint density at radius 3 is 2.42 bits per heavy atom. The number of amides is 2. The maximum atomic E-state index is 11.9. The van der Waals surface area contributed by atoms with Gasteiger partial charge >= 0.3 is 18.2 Å². The lowest BCUT2D eigenvalue weighted by molar-refractivity contribution is -0.137. The third-order valence-corrected chi connectivity index (χ3v) is 2.70. The van der Waals surface area contributed by atoms with Crippen molar-refractivity contribution in [2.45, 2.75) is 31.9 Å². The van der Waals surface area contributed by atoms with E-state index in [-0.39, 0.29) is 13.0 Å². The highest BCUT2D eigenvalue weighted by atomic mass is 19.4. The van der Waals surface area contributed by atoms with E-state index in [1.54, 1.807) is 0 Å². The highest BCUT2D eigenvalue weighted by Gasteiger charge is 2.28. The average molecular weight is 282 g/mol. The molecule has 2 N–H and O–H groups in total. The fourth-order valence-corrected chi connectivity index (χ4v) is 1.59. The van der Waals surface area contributed by atoms with Crippen LogP contribution in [-0.4, -0.2) is 47.8 Å². The molecule has 8 heteroatoms. The predicted molar refractivity (Wildman–Crippen MR) is 60.6 cm³/mol. The quantitative estimate of drug-likeness (QED) is 0.700. The fraction of sp³-hybridized carbons (Fsp3) is 0.818. The predicted octanol–water partition coefficient (Wildman–Crippen LogP) is 1.84. The molecule has 0 unspecified atom stereocenters. The van der Waals surface area contributed by atoms with Crippen molar-refractivity contribution in [1.82, 2.24) is 10.2 Å². The summed E-state index contributed by atoms with van der Waals surface area (Å²) in [6.45, 7) is -0.196. The summed E-state index contributed by atoms with van der Waals surface area (Å²) in [6, 6.07) is -0.614. The van der Waals surface area contributed by atoms with Gasteiger partial charge in [-0.2, -0.15) is 13.2 Å². The number of nitrogens with zero attached hydrogens (tertiary/aromatic N) is 1. The van der Waals surface area contributed by atoms with Crippen LogP contribution in [0.3, 0.4) is 0 Å². The maximum Gasteiger partial charge on any atom is 0.389 e. The number of aliphatic carboxylic acids is 1. The Kier molecular flexibility index (Phi) is 5.44. The topological polar surface area (TPSA) is 69.6 Å². The second-order valence-electron chi connectivity index (χ2n) is 4.67. The van der Waals surface area contributed by atoms with Crippen LogP contribution in [0.5, 0.6) is 0 Å². The lowest BCUT2D eigenvalue weighted by Crippen LogP contribution is -2.44. The second kappa shape index (κ2) is 6.63. The Labute approximate surface area is 108 Å². The zero-order chi connectivity index (χ0) is 14.5. The standard InChI is InChI=1S/C11H17F3N2O3/c12-11(13,14)4-1-5-15-10(19)16(7-9(17)18)6-8-2-3-8/h8H,1-7H2,(H,15,19)(H,17,18). The summed E-state index contributed by atoms with van der Waals surface area (Å²) < 4.78 is 35.7. The first kappa shape index (κ1) is 15.6. The van der Waals surface area contributed by atoms with Gasteiger partial charge in [-0.25, -0.2) is 4.79 Å². The van der Waals surface area contributed by atoms with Crippen LogP contribution >= 0.6 is 0 Å². The Morgan fingerprint density at radius 2 is 1.95 bits per heavy atom. The van der Waals surface area contributed by atoms with Crippen molar-refractivity contribution in [3.8, 4) is 0 Å². The number of carboxylic acid groups (broad SMARTS) is 1. The van der Waals surface area contributed by atoms with Gasteiger partial charge in [0.05, 0.1) is 0 Å². The van der Waals surface area contributed by atoms with Crippen LogP contribution in [0.4, 0.5) is 18.0 Å². The van der Waals surface area contributed by atoms with Gasteiger partial charge in [-0.1, -0.05) is 0 Å². The highest BCUT2D eigenvalue weighted by molar-refractivity contribution is 5.80. The number of urea groups is 1. The summed E-state index contributed by atoms with van der Waals surface area (Å²) in [6.07, 6.45) is -3.50. The average Bonchev–Trinajstić information content (AvgIpc) is 3.05. The molecule has 19 heavy (non-hydrogen) atoms. The number of carbonyl (C=O) groups is 2. The number of nitrogens with one attached hydrogen (secondary N) is 1. The zero-order valence-electron chi connectivity index (χ0n) is 10.4. The molecule has 1 aliphatic carbocycles. The molecular formula is C11H17F3N2O3. The first-order chi connectivity index (χ1) is 8.78. The van der Waals surface area contributed by atoms with E-state index in [1.165, 1.54) is 0 Å². The Balaban J connectivity index is 2.28. The van der Waals surface area contributed by atoms with Gasteiger partial charge in [0, 0.05) is 19.5 Å². The van der Waals surface area contributed by atoms with Gasteiger partial charge in [-0.3, -0.25) is 4.79 Å². The third-order valence-electron chi connectivity index (χ3n) is 2.70. The molecule has 1 saturated carbocycles. The Hall–Kier alpha value is -1.47. The van der Waals surface area contributed by atoms with Crippen LogP contribution in [0.15, 0.2) is 0 Å². The van der Waals surface area contributed by atoms with Crippen molar-refractivity contribution in [1.29, 1.82) is 0 Å². The molecule has 0 aromatic heterocycles. The number of hydrogen-bond donors (Lipinski definition) is 2.